The molecule has 0 aliphatic heterocycles. The quantitative estimate of drug-likeness (QED) is 0.634. The van der Waals surface area contributed by atoms with Crippen LogP contribution in [0.5, 0.6) is 11.5 Å². The number of aromatic hydroxyl groups is 1. The minimum atomic E-state index is 0.188. The number of phenols is 1. The average Bonchev–Trinajstić information content (AvgIpc) is 2.51. The number of hydrogen-bond donors (Lipinski definition) is 1. The van der Waals surface area contributed by atoms with Crippen molar-refractivity contribution < 1.29 is 9.84 Å². The number of unbranched alkanes of at least 4 members (excludes halogenated alkanes) is 1. The van der Waals surface area contributed by atoms with Crippen LogP contribution in [0.3, 0.4) is 0 Å². The van der Waals surface area contributed by atoms with Gasteiger partial charge in [-0.3, -0.25) is 0 Å². The van der Waals surface area contributed by atoms with Gasteiger partial charge in [0, 0.05) is 5.92 Å². The number of rotatable bonds is 9. The van der Waals surface area contributed by atoms with Crippen molar-refractivity contribution >= 4 is 0 Å². The van der Waals surface area contributed by atoms with Gasteiger partial charge < -0.3 is 9.84 Å². The molecule has 0 saturated heterocycles. The van der Waals surface area contributed by atoms with E-state index in [2.05, 4.69) is 26.8 Å². The van der Waals surface area contributed by atoms with E-state index < -0.39 is 0 Å². The van der Waals surface area contributed by atoms with Crippen molar-refractivity contribution in [1.29, 1.82) is 5.26 Å². The van der Waals surface area contributed by atoms with E-state index in [0.717, 1.165) is 32.1 Å². The minimum absolute atomic E-state index is 0.188. The molecule has 0 aliphatic carbocycles. The minimum Gasteiger partial charge on any atom is -0.504 e. The third-order valence-corrected chi connectivity index (χ3v) is 4.43. The summed E-state index contributed by atoms with van der Waals surface area (Å²) in [7, 11) is 1.58. The third-order valence-electron chi connectivity index (χ3n) is 4.43. The van der Waals surface area contributed by atoms with E-state index in [0.29, 0.717) is 17.6 Å². The van der Waals surface area contributed by atoms with Gasteiger partial charge in [-0.05, 0) is 48.8 Å². The highest BCUT2D eigenvalue weighted by atomic mass is 16.5. The first kappa shape index (κ1) is 18.4. The van der Waals surface area contributed by atoms with Crippen molar-refractivity contribution in [3.8, 4) is 17.6 Å². The summed E-state index contributed by atoms with van der Waals surface area (Å²) < 4.78 is 5.22. The molecule has 0 radical (unpaired) electrons. The molecule has 1 aromatic rings. The molecule has 1 aromatic carbocycles. The van der Waals surface area contributed by atoms with Crippen molar-refractivity contribution in [1.82, 2.24) is 0 Å². The van der Waals surface area contributed by atoms with E-state index in [1.807, 2.05) is 12.1 Å². The van der Waals surface area contributed by atoms with Gasteiger partial charge in [-0.15, -0.1) is 0 Å². The fraction of sp³-hybridized carbons (Fsp3) is 0.632. The molecular formula is C19H29NO2. The largest absolute Gasteiger partial charge is 0.504 e. The van der Waals surface area contributed by atoms with Crippen LogP contribution in [0.2, 0.25) is 0 Å². The van der Waals surface area contributed by atoms with Crippen LogP contribution in [-0.4, -0.2) is 12.2 Å². The molecule has 0 heterocycles. The Kier molecular flexibility index (Phi) is 7.80. The predicted molar refractivity (Wildman–Crippen MR) is 90.1 cm³/mol. The SMILES string of the molecule is CCC(C#N)CCCCC(c1ccc(O)c(OC)c1)C(C)C. The lowest BCUT2D eigenvalue weighted by atomic mass is 9.83. The molecule has 0 amide bonds. The van der Waals surface area contributed by atoms with Gasteiger partial charge in [-0.25, -0.2) is 0 Å². The van der Waals surface area contributed by atoms with Gasteiger partial charge in [0.1, 0.15) is 0 Å². The van der Waals surface area contributed by atoms with Crippen molar-refractivity contribution in [3.63, 3.8) is 0 Å². The van der Waals surface area contributed by atoms with Crippen LogP contribution in [0.25, 0.3) is 0 Å². The molecule has 0 saturated carbocycles. The van der Waals surface area contributed by atoms with Crippen LogP contribution >= 0.6 is 0 Å². The lowest BCUT2D eigenvalue weighted by molar-refractivity contribution is 0.370. The molecule has 1 N–H and O–H groups in total. The molecule has 3 heteroatoms. The first-order valence-electron chi connectivity index (χ1n) is 8.29. The van der Waals surface area contributed by atoms with Crippen LogP contribution in [-0.2, 0) is 0 Å². The Bertz CT molecular complexity index is 491. The summed E-state index contributed by atoms with van der Waals surface area (Å²) in [6, 6.07) is 8.03. The summed E-state index contributed by atoms with van der Waals surface area (Å²) in [5, 5.41) is 18.7. The summed E-state index contributed by atoms with van der Waals surface area (Å²) in [5.74, 6) is 1.92. The zero-order valence-electron chi connectivity index (χ0n) is 14.3. The molecule has 1 rings (SSSR count). The first-order valence-corrected chi connectivity index (χ1v) is 8.29. The highest BCUT2D eigenvalue weighted by Gasteiger charge is 2.17. The fourth-order valence-corrected chi connectivity index (χ4v) is 2.92. The normalized spacial score (nSPS) is 13.6. The summed E-state index contributed by atoms with van der Waals surface area (Å²) in [4.78, 5) is 0. The van der Waals surface area contributed by atoms with Gasteiger partial charge in [-0.2, -0.15) is 5.26 Å². The maximum Gasteiger partial charge on any atom is 0.160 e. The van der Waals surface area contributed by atoms with Gasteiger partial charge in [0.15, 0.2) is 11.5 Å². The number of nitrogens with zero attached hydrogens (tertiary/aromatic N) is 1. The summed E-state index contributed by atoms with van der Waals surface area (Å²) in [5.41, 5.74) is 1.22. The molecule has 0 spiro atoms. The van der Waals surface area contributed by atoms with Crippen LogP contribution in [0, 0.1) is 23.2 Å². The number of benzene rings is 1. The Balaban J connectivity index is 2.65. The Morgan fingerprint density at radius 2 is 1.91 bits per heavy atom. The second kappa shape index (κ2) is 9.35. The average molecular weight is 303 g/mol. The van der Waals surface area contributed by atoms with Gasteiger partial charge >= 0.3 is 0 Å². The lowest BCUT2D eigenvalue weighted by Crippen LogP contribution is -2.07. The molecule has 122 valence electrons. The van der Waals surface area contributed by atoms with Crippen molar-refractivity contribution in [2.24, 2.45) is 11.8 Å². The topological polar surface area (TPSA) is 53.2 Å². The molecule has 0 bridgehead atoms. The zero-order chi connectivity index (χ0) is 16.5. The smallest absolute Gasteiger partial charge is 0.160 e. The third kappa shape index (κ3) is 5.26. The van der Waals surface area contributed by atoms with Crippen molar-refractivity contribution in [2.75, 3.05) is 7.11 Å². The number of methoxy groups -OCH3 is 1. The van der Waals surface area contributed by atoms with Gasteiger partial charge in [-0.1, -0.05) is 39.7 Å². The summed E-state index contributed by atoms with van der Waals surface area (Å²) in [6.07, 6.45) is 5.28. The molecule has 2 atom stereocenters. The molecule has 0 aliphatic rings. The Labute approximate surface area is 134 Å². The highest BCUT2D eigenvalue weighted by molar-refractivity contribution is 5.42. The Morgan fingerprint density at radius 3 is 2.45 bits per heavy atom. The number of hydrogen-bond acceptors (Lipinski definition) is 3. The van der Waals surface area contributed by atoms with Crippen LogP contribution in [0.4, 0.5) is 0 Å². The molecule has 3 nitrogen and oxygen atoms in total. The van der Waals surface area contributed by atoms with Gasteiger partial charge in [0.2, 0.25) is 0 Å². The highest BCUT2D eigenvalue weighted by Crippen LogP contribution is 2.35. The van der Waals surface area contributed by atoms with Crippen LogP contribution < -0.4 is 4.74 Å². The van der Waals surface area contributed by atoms with E-state index in [1.54, 1.807) is 13.2 Å². The van der Waals surface area contributed by atoms with E-state index >= 15 is 0 Å². The van der Waals surface area contributed by atoms with E-state index in [9.17, 15) is 5.11 Å². The summed E-state index contributed by atoms with van der Waals surface area (Å²) >= 11 is 0. The van der Waals surface area contributed by atoms with E-state index in [1.165, 1.54) is 5.56 Å². The molecule has 2 unspecified atom stereocenters. The van der Waals surface area contributed by atoms with Gasteiger partial charge in [0.25, 0.3) is 0 Å². The maximum absolute atomic E-state index is 9.73. The second-order valence-corrected chi connectivity index (χ2v) is 6.30. The van der Waals surface area contributed by atoms with E-state index in [4.69, 9.17) is 10.00 Å². The Hall–Kier alpha value is -1.69. The first-order chi connectivity index (χ1) is 10.5. The number of phenolic OH excluding ortho intramolecular Hbond substituents is 1. The van der Waals surface area contributed by atoms with Crippen LogP contribution in [0.15, 0.2) is 18.2 Å². The predicted octanol–water partition coefficient (Wildman–Crippen LogP) is 5.25. The van der Waals surface area contributed by atoms with Crippen LogP contribution in [0.1, 0.15) is 64.4 Å². The second-order valence-electron chi connectivity index (χ2n) is 6.30. The van der Waals surface area contributed by atoms with Crippen molar-refractivity contribution in [2.45, 2.75) is 58.8 Å². The molecular weight excluding hydrogens is 274 g/mol. The zero-order valence-corrected chi connectivity index (χ0v) is 14.3. The van der Waals surface area contributed by atoms with E-state index in [-0.39, 0.29) is 11.7 Å². The summed E-state index contributed by atoms with van der Waals surface area (Å²) in [6.45, 7) is 6.54. The van der Waals surface area contributed by atoms with Crippen molar-refractivity contribution in [3.05, 3.63) is 23.8 Å². The maximum atomic E-state index is 9.73. The molecule has 0 fully saturated rings. The number of nitriles is 1. The Morgan fingerprint density at radius 1 is 1.23 bits per heavy atom. The van der Waals surface area contributed by atoms with Gasteiger partial charge in [0.05, 0.1) is 13.2 Å². The molecule has 22 heavy (non-hydrogen) atoms. The lowest BCUT2D eigenvalue weighted by Gasteiger charge is -2.22. The standard InChI is InChI=1S/C19H29NO2/c1-5-15(13-20)8-6-7-9-17(14(2)3)16-10-11-18(21)19(12-16)22-4/h10-12,14-15,17,21H,5-9H2,1-4H3. The molecule has 0 aromatic heterocycles. The number of ether oxygens (including phenoxy) is 1. The fourth-order valence-electron chi connectivity index (χ4n) is 2.92. The monoisotopic (exact) mass is 303 g/mol.